The zero-order valence-electron chi connectivity index (χ0n) is 30.8. The van der Waals surface area contributed by atoms with Crippen LogP contribution in [0.25, 0.3) is 5.57 Å². The molecule has 0 aromatic heterocycles. The highest BCUT2D eigenvalue weighted by Crippen LogP contribution is 2.37. The lowest BCUT2D eigenvalue weighted by Crippen LogP contribution is -2.62. The van der Waals surface area contributed by atoms with Crippen LogP contribution in [0.4, 0.5) is 0 Å². The summed E-state index contributed by atoms with van der Waals surface area (Å²) in [5.41, 5.74) is 7.45. The fourth-order valence-electron chi connectivity index (χ4n) is 7.37. The summed E-state index contributed by atoms with van der Waals surface area (Å²) in [5, 5.41) is 12.7. The predicted octanol–water partition coefficient (Wildman–Crippen LogP) is 5.89. The lowest BCUT2D eigenvalue weighted by atomic mass is 9.82. The van der Waals surface area contributed by atoms with Crippen molar-refractivity contribution in [3.8, 4) is 17.2 Å². The maximum absolute atomic E-state index is 14.7. The first-order valence-electron chi connectivity index (χ1n) is 18.5. The largest absolute Gasteiger partial charge is 0.497 e. The maximum atomic E-state index is 14.7. The average Bonchev–Trinajstić information content (AvgIpc) is 3.97. The topological polar surface area (TPSA) is 118 Å². The molecule has 3 aromatic carbocycles. The Morgan fingerprint density at radius 2 is 1.69 bits per heavy atom. The van der Waals surface area contributed by atoms with Gasteiger partial charge in [-0.05, 0) is 98.0 Å². The molecule has 0 spiro atoms. The van der Waals surface area contributed by atoms with Crippen LogP contribution >= 0.6 is 0 Å². The van der Waals surface area contributed by atoms with Crippen LogP contribution in [0.3, 0.4) is 0 Å². The van der Waals surface area contributed by atoms with Crippen molar-refractivity contribution < 1.29 is 33.7 Å². The van der Waals surface area contributed by atoms with Gasteiger partial charge >= 0.3 is 5.97 Å². The summed E-state index contributed by atoms with van der Waals surface area (Å²) in [6.45, 7) is 8.49. The number of aliphatic carboxylic acids is 1. The standard InChI is InChI=1S/C42H51N3O7/c1-27-21-28(2)29(3)38(22-27)52-19-17-30-11-13-31(14-12-30)36-23-32-25-44(39(46)9-6-10-40(47)48)26-37(43-32)41(36)42(49)45(33-15-16-33)18-20-51-35-8-5-7-34(24-35)50-4/h5,7-8,11-14,21-22,24,32-33,37,43H,6,9-10,15-20,23,25-26H2,1-4H3,(H,47,48)/t32-,37-/m1/s1. The molecule has 2 aliphatic heterocycles. The van der Waals surface area contributed by atoms with E-state index in [9.17, 15) is 14.4 Å². The Labute approximate surface area is 306 Å². The summed E-state index contributed by atoms with van der Waals surface area (Å²) in [4.78, 5) is 42.8. The zero-order chi connectivity index (χ0) is 36.8. The van der Waals surface area contributed by atoms with Gasteiger partial charge < -0.3 is 34.4 Å². The van der Waals surface area contributed by atoms with Gasteiger partial charge in [0.25, 0.3) is 5.91 Å². The van der Waals surface area contributed by atoms with Crippen LogP contribution in [0.1, 0.15) is 66.3 Å². The molecule has 2 amide bonds. The fraction of sp³-hybridized carbons (Fsp3) is 0.452. The molecule has 3 aliphatic rings. The number of fused-ring (bicyclic) bond motifs is 2. The Morgan fingerprint density at radius 3 is 2.42 bits per heavy atom. The van der Waals surface area contributed by atoms with Crippen LogP contribution in [0.15, 0.2) is 66.2 Å². The van der Waals surface area contributed by atoms with Gasteiger partial charge in [-0.1, -0.05) is 36.4 Å². The third-order valence-corrected chi connectivity index (χ3v) is 10.4. The van der Waals surface area contributed by atoms with E-state index in [4.69, 9.17) is 19.3 Å². The molecule has 1 saturated carbocycles. The number of nitrogens with one attached hydrogen (secondary N) is 1. The monoisotopic (exact) mass is 709 g/mol. The van der Waals surface area contributed by atoms with E-state index in [2.05, 4.69) is 62.5 Å². The Kier molecular flexibility index (Phi) is 11.8. The number of hydrogen-bond acceptors (Lipinski definition) is 7. The van der Waals surface area contributed by atoms with Crippen molar-refractivity contribution in [3.63, 3.8) is 0 Å². The first kappa shape index (κ1) is 36.9. The second-order valence-corrected chi connectivity index (χ2v) is 14.3. The number of hydrogen-bond donors (Lipinski definition) is 2. The van der Waals surface area contributed by atoms with E-state index >= 15 is 0 Å². The second-order valence-electron chi connectivity index (χ2n) is 14.3. The van der Waals surface area contributed by atoms with Gasteiger partial charge in [0, 0.05) is 56.1 Å². The smallest absolute Gasteiger partial charge is 0.303 e. The van der Waals surface area contributed by atoms with Crippen LogP contribution in [-0.2, 0) is 20.8 Å². The minimum Gasteiger partial charge on any atom is -0.497 e. The SMILES string of the molecule is COc1cccc(OCCN(C(=O)C2=C(c3ccc(CCOc4cc(C)cc(C)c4C)cc3)C[C@@H]3CN(C(=O)CCCC(=O)O)C[C@H]2N3)C2CC2)c1. The number of carboxylic acid groups (broad SMARTS) is 1. The molecule has 2 bridgehead atoms. The Hall–Kier alpha value is -4.83. The summed E-state index contributed by atoms with van der Waals surface area (Å²) in [6, 6.07) is 20.0. The molecule has 2 atom stereocenters. The number of carbonyl (C=O) groups excluding carboxylic acids is 2. The summed E-state index contributed by atoms with van der Waals surface area (Å²) in [7, 11) is 1.62. The Bertz CT molecular complexity index is 1800. The summed E-state index contributed by atoms with van der Waals surface area (Å²) in [6.07, 6.45) is 3.68. The number of nitrogens with zero attached hydrogens (tertiary/aromatic N) is 2. The first-order chi connectivity index (χ1) is 25.1. The number of methoxy groups -OCH3 is 1. The van der Waals surface area contributed by atoms with Crippen LogP contribution in [0, 0.1) is 20.8 Å². The van der Waals surface area contributed by atoms with E-state index in [1.165, 1.54) is 11.1 Å². The molecule has 0 unspecified atom stereocenters. The molecule has 2 heterocycles. The van der Waals surface area contributed by atoms with Crippen molar-refractivity contribution in [2.75, 3.05) is 40.0 Å². The third kappa shape index (κ3) is 9.14. The molecule has 2 N–H and O–H groups in total. The molecule has 0 radical (unpaired) electrons. The fourth-order valence-corrected chi connectivity index (χ4v) is 7.37. The lowest BCUT2D eigenvalue weighted by Gasteiger charge is -2.45. The maximum Gasteiger partial charge on any atom is 0.303 e. The number of ether oxygens (including phenoxy) is 3. The molecule has 52 heavy (non-hydrogen) atoms. The summed E-state index contributed by atoms with van der Waals surface area (Å²) in [5.74, 6) is 1.32. The number of piperazine rings is 1. The van der Waals surface area contributed by atoms with Gasteiger partial charge in [-0.15, -0.1) is 0 Å². The van der Waals surface area contributed by atoms with Crippen molar-refractivity contribution in [2.24, 2.45) is 0 Å². The number of rotatable bonds is 16. The van der Waals surface area contributed by atoms with Gasteiger partial charge in [-0.2, -0.15) is 0 Å². The predicted molar refractivity (Wildman–Crippen MR) is 200 cm³/mol. The van der Waals surface area contributed by atoms with E-state index in [1.807, 2.05) is 34.1 Å². The highest BCUT2D eigenvalue weighted by atomic mass is 16.5. The molecular weight excluding hydrogens is 658 g/mol. The first-order valence-corrected chi connectivity index (χ1v) is 18.5. The van der Waals surface area contributed by atoms with E-state index in [1.54, 1.807) is 7.11 Å². The van der Waals surface area contributed by atoms with Gasteiger partial charge in [0.15, 0.2) is 0 Å². The number of amides is 2. The van der Waals surface area contributed by atoms with Gasteiger partial charge in [-0.25, -0.2) is 0 Å². The molecule has 10 heteroatoms. The van der Waals surface area contributed by atoms with Crippen LogP contribution in [0.2, 0.25) is 0 Å². The number of aryl methyl sites for hydroxylation is 2. The molecular formula is C42H51N3O7. The molecule has 1 aliphatic carbocycles. The summed E-state index contributed by atoms with van der Waals surface area (Å²) >= 11 is 0. The van der Waals surface area contributed by atoms with Crippen molar-refractivity contribution in [3.05, 3.63) is 94.1 Å². The average molecular weight is 710 g/mol. The summed E-state index contributed by atoms with van der Waals surface area (Å²) < 4.78 is 17.6. The third-order valence-electron chi connectivity index (χ3n) is 10.4. The molecule has 276 valence electrons. The van der Waals surface area contributed by atoms with Crippen LogP contribution < -0.4 is 19.5 Å². The van der Waals surface area contributed by atoms with Crippen LogP contribution in [0.5, 0.6) is 17.2 Å². The van der Waals surface area contributed by atoms with E-state index in [0.29, 0.717) is 62.8 Å². The minimum absolute atomic E-state index is 0.0198. The number of carbonyl (C=O) groups is 3. The van der Waals surface area contributed by atoms with Gasteiger partial charge in [0.05, 0.1) is 26.3 Å². The van der Waals surface area contributed by atoms with E-state index in [-0.39, 0.29) is 42.8 Å². The van der Waals surface area contributed by atoms with E-state index in [0.717, 1.165) is 47.3 Å². The number of benzene rings is 3. The Balaban J connectivity index is 1.21. The lowest BCUT2D eigenvalue weighted by molar-refractivity contribution is -0.138. The highest BCUT2D eigenvalue weighted by Gasteiger charge is 2.43. The molecule has 3 aromatic rings. The zero-order valence-corrected chi connectivity index (χ0v) is 30.8. The quantitative estimate of drug-likeness (QED) is 0.189. The van der Waals surface area contributed by atoms with Crippen molar-refractivity contribution in [2.45, 2.75) is 83.8 Å². The Morgan fingerprint density at radius 1 is 0.923 bits per heavy atom. The second kappa shape index (κ2) is 16.7. The molecule has 6 rings (SSSR count). The van der Waals surface area contributed by atoms with Gasteiger partial charge in [-0.3, -0.25) is 14.4 Å². The highest BCUT2D eigenvalue weighted by molar-refractivity contribution is 6.03. The van der Waals surface area contributed by atoms with E-state index < -0.39 is 5.97 Å². The number of carboxylic acids is 1. The minimum atomic E-state index is -0.906. The molecule has 10 nitrogen and oxygen atoms in total. The van der Waals surface area contributed by atoms with Crippen molar-refractivity contribution in [1.82, 2.24) is 15.1 Å². The van der Waals surface area contributed by atoms with Crippen LogP contribution in [-0.4, -0.2) is 90.8 Å². The normalized spacial score (nSPS) is 18.2. The molecule has 1 saturated heterocycles. The van der Waals surface area contributed by atoms with Crippen molar-refractivity contribution in [1.29, 1.82) is 0 Å². The van der Waals surface area contributed by atoms with Gasteiger partial charge in [0.1, 0.15) is 23.9 Å². The van der Waals surface area contributed by atoms with Crippen molar-refractivity contribution >= 4 is 23.4 Å². The molecule has 2 fully saturated rings. The van der Waals surface area contributed by atoms with Gasteiger partial charge in [0.2, 0.25) is 5.91 Å².